The summed E-state index contributed by atoms with van der Waals surface area (Å²) < 4.78 is 10.7. The summed E-state index contributed by atoms with van der Waals surface area (Å²) in [5.74, 6) is -0.624. The smallest absolute Gasteiger partial charge is 0.306 e. The summed E-state index contributed by atoms with van der Waals surface area (Å²) >= 11 is 0. The molecule has 0 aromatic heterocycles. The van der Waals surface area contributed by atoms with Crippen molar-refractivity contribution in [2.75, 3.05) is 13.2 Å². The zero-order chi connectivity index (χ0) is 44.9. The van der Waals surface area contributed by atoms with Gasteiger partial charge in [0.05, 0.1) is 6.61 Å². The van der Waals surface area contributed by atoms with E-state index in [4.69, 9.17) is 9.47 Å². The Labute approximate surface area is 382 Å². The van der Waals surface area contributed by atoms with E-state index in [0.29, 0.717) is 12.8 Å². The highest BCUT2D eigenvalue weighted by Crippen LogP contribution is 2.14. The summed E-state index contributed by atoms with van der Waals surface area (Å²) in [6, 6.07) is 0. The molecule has 0 radical (unpaired) electrons. The van der Waals surface area contributed by atoms with Gasteiger partial charge in [0.2, 0.25) is 0 Å². The van der Waals surface area contributed by atoms with Crippen molar-refractivity contribution in [2.45, 2.75) is 213 Å². The van der Waals surface area contributed by atoms with Gasteiger partial charge in [-0.1, -0.05) is 212 Å². The molecule has 1 N–H and O–H groups in total. The van der Waals surface area contributed by atoms with E-state index in [-0.39, 0.29) is 25.2 Å². The fourth-order valence-corrected chi connectivity index (χ4v) is 6.55. The average molecular weight is 857 g/mol. The molecule has 5 nitrogen and oxygen atoms in total. The van der Waals surface area contributed by atoms with Crippen molar-refractivity contribution in [2.24, 2.45) is 0 Å². The van der Waals surface area contributed by atoms with Crippen LogP contribution in [-0.4, -0.2) is 36.4 Å². The van der Waals surface area contributed by atoms with Crippen LogP contribution in [0.3, 0.4) is 0 Å². The maximum atomic E-state index is 12.3. The largest absolute Gasteiger partial charge is 0.462 e. The van der Waals surface area contributed by atoms with Gasteiger partial charge in [-0.3, -0.25) is 9.59 Å². The van der Waals surface area contributed by atoms with Crippen LogP contribution in [0.2, 0.25) is 0 Å². The van der Waals surface area contributed by atoms with Gasteiger partial charge >= 0.3 is 11.9 Å². The zero-order valence-electron chi connectivity index (χ0n) is 39.8. The topological polar surface area (TPSA) is 72.8 Å². The molecule has 0 saturated carbocycles. The molecule has 0 saturated heterocycles. The van der Waals surface area contributed by atoms with Crippen molar-refractivity contribution in [1.82, 2.24) is 0 Å². The predicted molar refractivity (Wildman–Crippen MR) is 269 cm³/mol. The van der Waals surface area contributed by atoms with E-state index in [1.807, 2.05) is 0 Å². The summed E-state index contributed by atoms with van der Waals surface area (Å²) in [7, 11) is 0. The zero-order valence-corrected chi connectivity index (χ0v) is 39.8. The third-order valence-corrected chi connectivity index (χ3v) is 10.3. The fraction of sp³-hybridized carbons (Fsp3) is 0.614. The Balaban J connectivity index is 3.59. The number of ether oxygens (including phenoxy) is 2. The molecule has 62 heavy (non-hydrogen) atoms. The molecule has 0 heterocycles. The lowest BCUT2D eigenvalue weighted by molar-refractivity contribution is -0.161. The van der Waals surface area contributed by atoms with Crippen LogP contribution in [0.4, 0.5) is 0 Å². The summed E-state index contributed by atoms with van der Waals surface area (Å²) in [4.78, 5) is 24.5. The minimum Gasteiger partial charge on any atom is -0.462 e. The van der Waals surface area contributed by atoms with Crippen LogP contribution in [0.1, 0.15) is 206 Å². The van der Waals surface area contributed by atoms with Crippen LogP contribution in [0.15, 0.2) is 122 Å². The standard InChI is InChI=1S/C57H92O5/c1-3-5-7-9-11-13-15-17-19-21-23-25-26-27-28-29-30-32-34-36-38-40-42-44-46-48-50-52-57(60)62-55(53-58)54-61-56(59)51-49-47-45-43-41-39-37-35-33-31-24-22-20-18-16-14-12-10-8-6-4-2/h5-8,11-14,17-20,23-25,27-28,31,35,37,55,58H,3-4,9-10,15-16,21-22,26,29-30,32-34,36,38-54H2,1-2H3/b7-5-,8-6-,13-11-,14-12-,19-17-,20-18-,25-23-,28-27-,31-24-,37-35-. The first-order chi connectivity index (χ1) is 30.6. The Hall–Kier alpha value is -3.70. The van der Waals surface area contributed by atoms with Crippen molar-refractivity contribution in [1.29, 1.82) is 0 Å². The Morgan fingerprint density at radius 2 is 0.645 bits per heavy atom. The summed E-state index contributed by atoms with van der Waals surface area (Å²) in [6.07, 6.45) is 75.7. The first-order valence-corrected chi connectivity index (χ1v) is 25.1. The number of esters is 2. The second-order valence-corrected chi connectivity index (χ2v) is 16.1. The fourth-order valence-electron chi connectivity index (χ4n) is 6.55. The van der Waals surface area contributed by atoms with Crippen LogP contribution in [0, 0.1) is 0 Å². The van der Waals surface area contributed by atoms with Crippen LogP contribution in [0.25, 0.3) is 0 Å². The van der Waals surface area contributed by atoms with Gasteiger partial charge in [0.25, 0.3) is 0 Å². The molecule has 0 aromatic carbocycles. The Kier molecular flexibility index (Phi) is 48.6. The first-order valence-electron chi connectivity index (χ1n) is 25.1. The molecule has 0 amide bonds. The van der Waals surface area contributed by atoms with Gasteiger partial charge in [0.15, 0.2) is 6.10 Å². The van der Waals surface area contributed by atoms with E-state index in [1.165, 1.54) is 57.8 Å². The quantitative estimate of drug-likeness (QED) is 0.0375. The summed E-state index contributed by atoms with van der Waals surface area (Å²) in [5, 5.41) is 9.63. The predicted octanol–water partition coefficient (Wildman–Crippen LogP) is 16.7. The second-order valence-electron chi connectivity index (χ2n) is 16.1. The lowest BCUT2D eigenvalue weighted by Crippen LogP contribution is -2.28. The van der Waals surface area contributed by atoms with Gasteiger partial charge in [-0.2, -0.15) is 0 Å². The third kappa shape index (κ3) is 49.0. The van der Waals surface area contributed by atoms with Crippen molar-refractivity contribution in [3.05, 3.63) is 122 Å². The van der Waals surface area contributed by atoms with E-state index in [9.17, 15) is 14.7 Å². The molecule has 0 aromatic rings. The highest BCUT2D eigenvalue weighted by atomic mass is 16.6. The minimum absolute atomic E-state index is 0.0847. The van der Waals surface area contributed by atoms with Crippen molar-refractivity contribution >= 4 is 11.9 Å². The lowest BCUT2D eigenvalue weighted by Gasteiger charge is -2.15. The molecule has 0 fully saturated rings. The molecule has 0 aliphatic carbocycles. The van der Waals surface area contributed by atoms with Crippen LogP contribution in [-0.2, 0) is 19.1 Å². The first kappa shape index (κ1) is 58.3. The van der Waals surface area contributed by atoms with E-state index >= 15 is 0 Å². The molecule has 0 aliphatic heterocycles. The Morgan fingerprint density at radius 1 is 0.371 bits per heavy atom. The SMILES string of the molecule is CC/C=C\C/C=C\C/C=C\C/C=C\C/C=C\CCCCCCCCCCCCCC(=O)OC(CO)COC(=O)CCCCCCC/C=C\C/C=C\C/C=C\C/C=C\C/C=C\CC. The number of aliphatic hydroxyl groups excluding tert-OH is 1. The monoisotopic (exact) mass is 857 g/mol. The molecule has 0 aliphatic rings. The van der Waals surface area contributed by atoms with Crippen molar-refractivity contribution in [3.8, 4) is 0 Å². The number of carbonyl (C=O) groups excluding carboxylic acids is 2. The highest BCUT2D eigenvalue weighted by molar-refractivity contribution is 5.70. The Bertz CT molecular complexity index is 1290. The minimum atomic E-state index is -0.791. The number of hydrogen-bond donors (Lipinski definition) is 1. The second kappa shape index (κ2) is 51.6. The molecule has 5 heteroatoms. The number of unbranched alkanes of at least 4 members (excludes halogenated alkanes) is 16. The normalized spacial score (nSPS) is 13.3. The third-order valence-electron chi connectivity index (χ3n) is 10.3. The summed E-state index contributed by atoms with van der Waals surface area (Å²) in [5.41, 5.74) is 0. The van der Waals surface area contributed by atoms with E-state index < -0.39 is 6.10 Å². The van der Waals surface area contributed by atoms with E-state index in [0.717, 1.165) is 122 Å². The van der Waals surface area contributed by atoms with Gasteiger partial charge in [0.1, 0.15) is 6.61 Å². The van der Waals surface area contributed by atoms with Crippen molar-refractivity contribution < 1.29 is 24.2 Å². The number of aliphatic hydroxyl groups is 1. The number of hydrogen-bond acceptors (Lipinski definition) is 5. The molecule has 350 valence electrons. The van der Waals surface area contributed by atoms with E-state index in [1.54, 1.807) is 0 Å². The maximum Gasteiger partial charge on any atom is 0.306 e. The van der Waals surface area contributed by atoms with Gasteiger partial charge < -0.3 is 14.6 Å². The average Bonchev–Trinajstić information content (AvgIpc) is 3.28. The Morgan fingerprint density at radius 3 is 0.968 bits per heavy atom. The molecular formula is C57H92O5. The molecule has 1 unspecified atom stereocenters. The van der Waals surface area contributed by atoms with Gasteiger partial charge in [-0.15, -0.1) is 0 Å². The maximum absolute atomic E-state index is 12.3. The number of rotatable bonds is 44. The van der Waals surface area contributed by atoms with Crippen LogP contribution in [0.5, 0.6) is 0 Å². The summed E-state index contributed by atoms with van der Waals surface area (Å²) in [6.45, 7) is 3.89. The van der Waals surface area contributed by atoms with Crippen molar-refractivity contribution in [3.63, 3.8) is 0 Å². The molecule has 0 spiro atoms. The number of carbonyl (C=O) groups is 2. The molecule has 0 bridgehead atoms. The van der Waals surface area contributed by atoms with Crippen LogP contribution < -0.4 is 0 Å². The van der Waals surface area contributed by atoms with E-state index in [2.05, 4.69) is 135 Å². The van der Waals surface area contributed by atoms with Gasteiger partial charge in [-0.05, 0) is 103 Å². The molecule has 0 rings (SSSR count). The molecule has 1 atom stereocenters. The molecular weight excluding hydrogens is 765 g/mol. The van der Waals surface area contributed by atoms with Gasteiger partial charge in [-0.25, -0.2) is 0 Å². The highest BCUT2D eigenvalue weighted by Gasteiger charge is 2.16. The number of allylic oxidation sites excluding steroid dienone is 20. The lowest BCUT2D eigenvalue weighted by atomic mass is 10.0. The van der Waals surface area contributed by atoms with Crippen LogP contribution >= 0.6 is 0 Å². The van der Waals surface area contributed by atoms with Gasteiger partial charge in [0, 0.05) is 12.8 Å².